The molecule has 0 unspecified atom stereocenters. The van der Waals surface area contributed by atoms with Crippen molar-refractivity contribution in [2.45, 2.75) is 26.3 Å². The fraction of sp³-hybridized carbons (Fsp3) is 0.250. The number of hydrogen-bond donors (Lipinski definition) is 2. The lowest BCUT2D eigenvalue weighted by Gasteiger charge is -2.03. The molecule has 0 bridgehead atoms. The summed E-state index contributed by atoms with van der Waals surface area (Å²) in [6.45, 7) is 4.74. The van der Waals surface area contributed by atoms with Crippen molar-refractivity contribution in [3.63, 3.8) is 0 Å². The van der Waals surface area contributed by atoms with Crippen LogP contribution in [0.2, 0.25) is 0 Å². The van der Waals surface area contributed by atoms with Crippen molar-refractivity contribution >= 4 is 28.3 Å². The Bertz CT molecular complexity index is 759. The van der Waals surface area contributed by atoms with Gasteiger partial charge in [-0.1, -0.05) is 26.0 Å². The summed E-state index contributed by atoms with van der Waals surface area (Å²) in [6.07, 6.45) is 0. The van der Waals surface area contributed by atoms with Crippen LogP contribution in [0.3, 0.4) is 0 Å². The second kappa shape index (κ2) is 5.69. The Kier molecular flexibility index (Phi) is 3.75. The summed E-state index contributed by atoms with van der Waals surface area (Å²) in [4.78, 5) is 20.5. The van der Waals surface area contributed by atoms with Gasteiger partial charge >= 0.3 is 0 Å². The van der Waals surface area contributed by atoms with Crippen molar-refractivity contribution in [1.29, 1.82) is 0 Å². The molecule has 4 nitrogen and oxygen atoms in total. The Hall–Kier alpha value is -2.14. The molecule has 0 fully saturated rings. The monoisotopic (exact) mass is 299 g/mol. The molecule has 3 rings (SSSR count). The minimum absolute atomic E-state index is 0.0300. The summed E-state index contributed by atoms with van der Waals surface area (Å²) in [5.41, 5.74) is 3.04. The first-order valence-corrected chi connectivity index (χ1v) is 7.81. The molecule has 0 radical (unpaired) electrons. The summed E-state index contributed by atoms with van der Waals surface area (Å²) in [7, 11) is 0. The van der Waals surface area contributed by atoms with Crippen LogP contribution in [0.5, 0.6) is 0 Å². The Morgan fingerprint density at radius 2 is 2.24 bits per heavy atom. The number of nitrogens with zero attached hydrogens (tertiary/aromatic N) is 1. The maximum absolute atomic E-state index is 11.9. The van der Waals surface area contributed by atoms with E-state index in [0.717, 1.165) is 27.3 Å². The average Bonchev–Trinajstić information content (AvgIpc) is 3.13. The molecule has 1 aromatic carbocycles. The number of hydrogen-bond acceptors (Lipinski definition) is 3. The number of rotatable bonds is 4. The van der Waals surface area contributed by atoms with Crippen molar-refractivity contribution in [2.24, 2.45) is 0 Å². The minimum atomic E-state index is -0.0300. The molecule has 0 aliphatic heterocycles. The Morgan fingerprint density at radius 3 is 2.95 bits per heavy atom. The first-order chi connectivity index (χ1) is 10.1. The van der Waals surface area contributed by atoms with Crippen molar-refractivity contribution < 1.29 is 4.79 Å². The van der Waals surface area contributed by atoms with E-state index in [1.165, 1.54) is 11.3 Å². The molecule has 5 heteroatoms. The SMILES string of the molecule is CC(C)c1nc2ccc(CNC(=O)c3cccs3)cc2[nH]1. The van der Waals surface area contributed by atoms with Gasteiger partial charge in [0, 0.05) is 12.5 Å². The van der Waals surface area contributed by atoms with E-state index in [4.69, 9.17) is 0 Å². The number of amides is 1. The van der Waals surface area contributed by atoms with E-state index in [1.807, 2.05) is 35.7 Å². The summed E-state index contributed by atoms with van der Waals surface area (Å²) in [5, 5.41) is 4.83. The number of aromatic amines is 1. The van der Waals surface area contributed by atoms with Crippen LogP contribution in [-0.4, -0.2) is 15.9 Å². The lowest BCUT2D eigenvalue weighted by molar-refractivity contribution is 0.0955. The van der Waals surface area contributed by atoms with Crippen LogP contribution in [0, 0.1) is 0 Å². The van der Waals surface area contributed by atoms with Gasteiger partial charge in [-0.05, 0) is 29.1 Å². The van der Waals surface area contributed by atoms with E-state index in [1.54, 1.807) is 0 Å². The third kappa shape index (κ3) is 2.97. The third-order valence-corrected chi connectivity index (χ3v) is 4.18. The van der Waals surface area contributed by atoms with E-state index >= 15 is 0 Å². The van der Waals surface area contributed by atoms with Crippen LogP contribution < -0.4 is 5.32 Å². The zero-order valence-corrected chi connectivity index (χ0v) is 12.8. The molecule has 0 spiro atoms. The van der Waals surface area contributed by atoms with Gasteiger partial charge in [-0.25, -0.2) is 4.98 Å². The third-order valence-electron chi connectivity index (χ3n) is 3.31. The molecular formula is C16H17N3OS. The maximum Gasteiger partial charge on any atom is 0.261 e. The number of nitrogens with one attached hydrogen (secondary N) is 2. The standard InChI is InChI=1S/C16H17N3OS/c1-10(2)15-18-12-6-5-11(8-13(12)19-15)9-17-16(20)14-4-3-7-21-14/h3-8,10H,9H2,1-2H3,(H,17,20)(H,18,19). The van der Waals surface area contributed by atoms with Gasteiger partial charge < -0.3 is 10.3 Å². The van der Waals surface area contributed by atoms with Gasteiger partial charge in [-0.2, -0.15) is 0 Å². The maximum atomic E-state index is 11.9. The summed E-state index contributed by atoms with van der Waals surface area (Å²) >= 11 is 1.45. The van der Waals surface area contributed by atoms with Gasteiger partial charge in [-0.15, -0.1) is 11.3 Å². The molecule has 0 aliphatic carbocycles. The highest BCUT2D eigenvalue weighted by atomic mass is 32.1. The fourth-order valence-corrected chi connectivity index (χ4v) is 2.78. The number of imidazole rings is 1. The molecule has 3 aromatic rings. The largest absolute Gasteiger partial charge is 0.347 e. The van der Waals surface area contributed by atoms with Crippen molar-refractivity contribution in [3.05, 3.63) is 52.0 Å². The van der Waals surface area contributed by atoms with E-state index < -0.39 is 0 Å². The van der Waals surface area contributed by atoms with Gasteiger partial charge in [0.25, 0.3) is 5.91 Å². The molecule has 0 aliphatic rings. The first kappa shape index (κ1) is 13.8. The number of fused-ring (bicyclic) bond motifs is 1. The number of H-pyrrole nitrogens is 1. The number of carbonyl (C=O) groups excluding carboxylic acids is 1. The van der Waals surface area contributed by atoms with Crippen LogP contribution in [0.4, 0.5) is 0 Å². The van der Waals surface area contributed by atoms with Gasteiger partial charge in [0.05, 0.1) is 15.9 Å². The topological polar surface area (TPSA) is 57.8 Å². The van der Waals surface area contributed by atoms with E-state index in [9.17, 15) is 4.79 Å². The predicted octanol–water partition coefficient (Wildman–Crippen LogP) is 3.68. The second-order valence-electron chi connectivity index (χ2n) is 5.29. The quantitative estimate of drug-likeness (QED) is 0.772. The number of thiophene rings is 1. The predicted molar refractivity (Wildman–Crippen MR) is 85.7 cm³/mol. The fourth-order valence-electron chi connectivity index (χ4n) is 2.14. The summed E-state index contributed by atoms with van der Waals surface area (Å²) in [5.74, 6) is 1.33. The highest BCUT2D eigenvalue weighted by Crippen LogP contribution is 2.18. The number of carbonyl (C=O) groups is 1. The molecule has 0 atom stereocenters. The van der Waals surface area contributed by atoms with Gasteiger partial charge in [0.1, 0.15) is 5.82 Å². The zero-order valence-electron chi connectivity index (χ0n) is 12.0. The van der Waals surface area contributed by atoms with Crippen molar-refractivity contribution in [3.8, 4) is 0 Å². The minimum Gasteiger partial charge on any atom is -0.347 e. The van der Waals surface area contributed by atoms with Gasteiger partial charge in [0.2, 0.25) is 0 Å². The summed E-state index contributed by atoms with van der Waals surface area (Å²) < 4.78 is 0. The zero-order chi connectivity index (χ0) is 14.8. The smallest absolute Gasteiger partial charge is 0.261 e. The average molecular weight is 299 g/mol. The molecule has 2 heterocycles. The summed E-state index contributed by atoms with van der Waals surface area (Å²) in [6, 6.07) is 9.74. The number of benzene rings is 1. The highest BCUT2D eigenvalue weighted by molar-refractivity contribution is 7.12. The molecule has 2 aromatic heterocycles. The normalized spacial score (nSPS) is 11.2. The van der Waals surface area contributed by atoms with Gasteiger partial charge in [-0.3, -0.25) is 4.79 Å². The van der Waals surface area contributed by atoms with Crippen LogP contribution in [0.15, 0.2) is 35.7 Å². The van der Waals surface area contributed by atoms with E-state index in [2.05, 4.69) is 29.1 Å². The molecule has 108 valence electrons. The van der Waals surface area contributed by atoms with Crippen molar-refractivity contribution in [1.82, 2.24) is 15.3 Å². The van der Waals surface area contributed by atoms with Crippen LogP contribution in [0.25, 0.3) is 11.0 Å². The molecule has 0 saturated heterocycles. The van der Waals surface area contributed by atoms with Crippen LogP contribution in [0.1, 0.15) is 40.8 Å². The molecule has 2 N–H and O–H groups in total. The van der Waals surface area contributed by atoms with Crippen LogP contribution in [-0.2, 0) is 6.54 Å². The van der Waals surface area contributed by atoms with Gasteiger partial charge in [0.15, 0.2) is 0 Å². The lowest BCUT2D eigenvalue weighted by atomic mass is 10.2. The Morgan fingerprint density at radius 1 is 1.38 bits per heavy atom. The van der Waals surface area contributed by atoms with E-state index in [-0.39, 0.29) is 5.91 Å². The van der Waals surface area contributed by atoms with E-state index in [0.29, 0.717) is 12.5 Å². The highest BCUT2D eigenvalue weighted by Gasteiger charge is 2.08. The lowest BCUT2D eigenvalue weighted by Crippen LogP contribution is -2.21. The first-order valence-electron chi connectivity index (χ1n) is 6.94. The second-order valence-corrected chi connectivity index (χ2v) is 6.24. The Labute approximate surface area is 127 Å². The molecule has 1 amide bonds. The Balaban J connectivity index is 1.74. The number of aromatic nitrogens is 2. The van der Waals surface area contributed by atoms with Crippen molar-refractivity contribution in [2.75, 3.05) is 0 Å². The molecular weight excluding hydrogens is 282 g/mol. The molecule has 21 heavy (non-hydrogen) atoms. The molecule has 0 saturated carbocycles. The van der Waals surface area contributed by atoms with Crippen LogP contribution >= 0.6 is 11.3 Å².